The molecule has 174 valence electrons. The van der Waals surface area contributed by atoms with Gasteiger partial charge in [0.2, 0.25) is 15.9 Å². The number of aliphatic hydroxyl groups is 1. The number of halogens is 3. The molecule has 1 fully saturated rings. The molecular formula is C22H25F3N2O4S. The van der Waals surface area contributed by atoms with Crippen molar-refractivity contribution in [2.75, 3.05) is 5.32 Å². The number of alkyl halides is 3. The molecule has 0 spiro atoms. The van der Waals surface area contributed by atoms with Crippen molar-refractivity contribution in [1.82, 2.24) is 4.72 Å². The Kier molecular flexibility index (Phi) is 6.69. The lowest BCUT2D eigenvalue weighted by atomic mass is 9.82. The number of hydrogen-bond acceptors (Lipinski definition) is 4. The van der Waals surface area contributed by atoms with Crippen LogP contribution in [-0.2, 0) is 26.8 Å². The largest absolute Gasteiger partial charge is 0.421 e. The quantitative estimate of drug-likeness (QED) is 0.548. The Morgan fingerprint density at radius 1 is 1.06 bits per heavy atom. The summed E-state index contributed by atoms with van der Waals surface area (Å²) in [5, 5.41) is 12.8. The number of carbonyl (C=O) groups is 1. The molecule has 1 amide bonds. The predicted octanol–water partition coefficient (Wildman–Crippen LogP) is 3.71. The van der Waals surface area contributed by atoms with Crippen LogP contribution < -0.4 is 10.0 Å². The number of anilines is 1. The number of benzene rings is 2. The summed E-state index contributed by atoms with van der Waals surface area (Å²) in [6, 6.07) is 10.8. The van der Waals surface area contributed by atoms with Gasteiger partial charge in [0, 0.05) is 11.7 Å². The molecule has 0 aliphatic heterocycles. The number of carbonyl (C=O) groups excluding carboxylic acids is 1. The third-order valence-corrected chi connectivity index (χ3v) is 6.91. The van der Waals surface area contributed by atoms with E-state index in [1.807, 2.05) is 0 Å². The number of sulfonamides is 1. The van der Waals surface area contributed by atoms with Crippen molar-refractivity contribution < 1.29 is 31.5 Å². The van der Waals surface area contributed by atoms with E-state index in [2.05, 4.69) is 10.0 Å². The van der Waals surface area contributed by atoms with Gasteiger partial charge < -0.3 is 10.4 Å². The summed E-state index contributed by atoms with van der Waals surface area (Å²) in [7, 11) is -3.57. The van der Waals surface area contributed by atoms with Crippen LogP contribution in [-0.4, -0.2) is 31.6 Å². The molecule has 32 heavy (non-hydrogen) atoms. The Balaban J connectivity index is 1.64. The molecule has 2 aromatic carbocycles. The lowest BCUT2D eigenvalue weighted by molar-refractivity contribution is -0.283. The molecular weight excluding hydrogens is 445 g/mol. The Morgan fingerprint density at radius 3 is 2.09 bits per heavy atom. The van der Waals surface area contributed by atoms with Gasteiger partial charge in [-0.2, -0.15) is 13.2 Å². The molecule has 10 heteroatoms. The molecule has 1 aliphatic rings. The van der Waals surface area contributed by atoms with Gasteiger partial charge in [0.05, 0.1) is 11.3 Å². The fourth-order valence-electron chi connectivity index (χ4n) is 3.30. The van der Waals surface area contributed by atoms with E-state index in [0.29, 0.717) is 5.56 Å². The highest BCUT2D eigenvalue weighted by molar-refractivity contribution is 7.89. The average Bonchev–Trinajstić information content (AvgIpc) is 3.50. The first-order valence-corrected chi connectivity index (χ1v) is 11.6. The molecule has 1 aliphatic carbocycles. The van der Waals surface area contributed by atoms with Crippen molar-refractivity contribution in [2.24, 2.45) is 5.92 Å². The van der Waals surface area contributed by atoms with E-state index in [-0.39, 0.29) is 28.6 Å². The van der Waals surface area contributed by atoms with Crippen LogP contribution in [0.2, 0.25) is 0 Å². The lowest BCUT2D eigenvalue weighted by Crippen LogP contribution is -2.46. The monoisotopic (exact) mass is 470 g/mol. The molecule has 2 aromatic rings. The molecule has 1 saturated carbocycles. The maximum Gasteiger partial charge on any atom is 0.421 e. The first-order chi connectivity index (χ1) is 14.8. The molecule has 1 unspecified atom stereocenters. The highest BCUT2D eigenvalue weighted by Crippen LogP contribution is 2.44. The highest BCUT2D eigenvalue weighted by Gasteiger charge is 2.56. The summed E-state index contributed by atoms with van der Waals surface area (Å²) in [4.78, 5) is 12.4. The molecule has 6 nitrogen and oxygen atoms in total. The Morgan fingerprint density at radius 2 is 1.62 bits per heavy atom. The van der Waals surface area contributed by atoms with Crippen LogP contribution in [0.4, 0.5) is 18.9 Å². The van der Waals surface area contributed by atoms with E-state index in [4.69, 9.17) is 0 Å². The summed E-state index contributed by atoms with van der Waals surface area (Å²) in [5.74, 6) is -1.52. The zero-order valence-electron chi connectivity index (χ0n) is 17.6. The lowest BCUT2D eigenvalue weighted by Gasteiger charge is -2.34. The molecule has 3 N–H and O–H groups in total. The van der Waals surface area contributed by atoms with Crippen molar-refractivity contribution in [3.8, 4) is 0 Å². The first kappa shape index (κ1) is 24.2. The first-order valence-electron chi connectivity index (χ1n) is 10.1. The minimum Gasteiger partial charge on any atom is -0.376 e. The molecule has 0 radical (unpaired) electrons. The van der Waals surface area contributed by atoms with Crippen molar-refractivity contribution >= 4 is 21.6 Å². The summed E-state index contributed by atoms with van der Waals surface area (Å²) < 4.78 is 67.1. The van der Waals surface area contributed by atoms with Crippen molar-refractivity contribution in [3.63, 3.8) is 0 Å². The fraction of sp³-hybridized carbons (Fsp3) is 0.409. The van der Waals surface area contributed by atoms with Crippen LogP contribution in [0.3, 0.4) is 0 Å². The molecule has 3 rings (SSSR count). The van der Waals surface area contributed by atoms with Gasteiger partial charge in [-0.1, -0.05) is 38.1 Å². The van der Waals surface area contributed by atoms with E-state index in [1.165, 1.54) is 50.2 Å². The number of nitrogens with one attached hydrogen (secondary N) is 2. The number of hydrogen-bond donors (Lipinski definition) is 3. The minimum absolute atomic E-state index is 0.00972. The van der Waals surface area contributed by atoms with Crippen molar-refractivity contribution in [1.29, 1.82) is 0 Å². The van der Waals surface area contributed by atoms with Crippen LogP contribution in [0.1, 0.15) is 37.8 Å². The van der Waals surface area contributed by atoms with Gasteiger partial charge in [0.25, 0.3) is 0 Å². The maximum atomic E-state index is 13.4. The van der Waals surface area contributed by atoms with Crippen LogP contribution >= 0.6 is 0 Å². The predicted molar refractivity (Wildman–Crippen MR) is 113 cm³/mol. The van der Waals surface area contributed by atoms with Gasteiger partial charge in [-0.3, -0.25) is 4.79 Å². The zero-order chi connectivity index (χ0) is 23.7. The number of amides is 1. The second-order valence-electron chi connectivity index (χ2n) is 8.26. The third-order valence-electron chi connectivity index (χ3n) is 5.37. The number of rotatable bonds is 8. The maximum absolute atomic E-state index is 13.4. The minimum atomic E-state index is -4.85. The van der Waals surface area contributed by atoms with Gasteiger partial charge >= 0.3 is 6.18 Å². The van der Waals surface area contributed by atoms with E-state index in [1.54, 1.807) is 0 Å². The summed E-state index contributed by atoms with van der Waals surface area (Å²) in [6.45, 7) is 2.56. The van der Waals surface area contributed by atoms with Gasteiger partial charge in [-0.25, -0.2) is 13.1 Å². The average molecular weight is 471 g/mol. The van der Waals surface area contributed by atoms with Crippen LogP contribution in [0.5, 0.6) is 0 Å². The Bertz CT molecular complexity index is 1060. The Hall–Kier alpha value is -2.43. The smallest absolute Gasteiger partial charge is 0.376 e. The second-order valence-corrected chi connectivity index (χ2v) is 9.97. The van der Waals surface area contributed by atoms with E-state index >= 15 is 0 Å². The standard InChI is InChI=1S/C22H25F3N2O4S/c1-14(2)21(29,22(23,24)25)16-5-7-17(8-6-16)26-20(28)13-15-3-11-19(12-4-15)32(30,31)27-18-9-10-18/h3-8,11-12,14,18,27,29H,9-10,13H2,1-2H3,(H,26,28). The molecule has 0 heterocycles. The van der Waals surface area contributed by atoms with Crippen LogP contribution in [0.15, 0.2) is 53.4 Å². The molecule has 0 saturated heterocycles. The van der Waals surface area contributed by atoms with Crippen LogP contribution in [0, 0.1) is 5.92 Å². The molecule has 1 atom stereocenters. The Labute approximate surface area is 184 Å². The van der Waals surface area contributed by atoms with Crippen molar-refractivity contribution in [2.45, 2.75) is 55.8 Å². The summed E-state index contributed by atoms with van der Waals surface area (Å²) >= 11 is 0. The van der Waals surface area contributed by atoms with E-state index < -0.39 is 33.6 Å². The molecule has 0 bridgehead atoms. The van der Waals surface area contributed by atoms with E-state index in [0.717, 1.165) is 25.0 Å². The third kappa shape index (κ3) is 5.31. The normalized spacial score (nSPS) is 16.6. The van der Waals surface area contributed by atoms with Gasteiger partial charge in [-0.15, -0.1) is 0 Å². The molecule has 0 aromatic heterocycles. The highest BCUT2D eigenvalue weighted by atomic mass is 32.2. The van der Waals surface area contributed by atoms with Gasteiger partial charge in [0.15, 0.2) is 5.60 Å². The second kappa shape index (κ2) is 8.84. The van der Waals surface area contributed by atoms with E-state index in [9.17, 15) is 31.5 Å². The van der Waals surface area contributed by atoms with Gasteiger partial charge in [-0.05, 0) is 54.2 Å². The fourth-order valence-corrected chi connectivity index (χ4v) is 4.60. The summed E-state index contributed by atoms with van der Waals surface area (Å²) in [5.41, 5.74) is -2.45. The van der Waals surface area contributed by atoms with Crippen LogP contribution in [0.25, 0.3) is 0 Å². The summed E-state index contributed by atoms with van der Waals surface area (Å²) in [6.07, 6.45) is -3.24. The van der Waals surface area contributed by atoms with Gasteiger partial charge in [0.1, 0.15) is 0 Å². The van der Waals surface area contributed by atoms with Crippen molar-refractivity contribution in [3.05, 3.63) is 59.7 Å². The SMILES string of the molecule is CC(C)C(O)(c1ccc(NC(=O)Cc2ccc(S(=O)(=O)NC3CC3)cc2)cc1)C(F)(F)F. The zero-order valence-corrected chi connectivity index (χ0v) is 18.4. The topological polar surface area (TPSA) is 95.5 Å².